The Morgan fingerprint density at radius 1 is 1.00 bits per heavy atom. The molecule has 26 heavy (non-hydrogen) atoms. The number of anilines is 1. The molecule has 0 N–H and O–H groups in total. The smallest absolute Gasteiger partial charge is 0.264 e. The molecule has 2 aromatic carbocycles. The van der Waals surface area contributed by atoms with E-state index in [0.29, 0.717) is 0 Å². The fourth-order valence-electron chi connectivity index (χ4n) is 2.95. The van der Waals surface area contributed by atoms with Gasteiger partial charge in [0.1, 0.15) is 0 Å². The van der Waals surface area contributed by atoms with Gasteiger partial charge in [-0.25, -0.2) is 8.42 Å². The molecule has 1 heterocycles. The van der Waals surface area contributed by atoms with E-state index in [4.69, 9.17) is 0 Å². The van der Waals surface area contributed by atoms with Crippen LogP contribution in [0.3, 0.4) is 0 Å². The summed E-state index contributed by atoms with van der Waals surface area (Å²) in [6.07, 6.45) is 2.84. The molecule has 1 aliphatic rings. The zero-order valence-electron chi connectivity index (χ0n) is 15.1. The summed E-state index contributed by atoms with van der Waals surface area (Å²) in [6.45, 7) is 1.91. The number of carbonyl (C=O) groups excluding carboxylic acids is 1. The maximum atomic E-state index is 13.1. The number of aryl methyl sites for hydroxylation is 1. The highest BCUT2D eigenvalue weighted by atomic mass is 32.2. The molecule has 0 fully saturated rings. The Labute approximate surface area is 154 Å². The van der Waals surface area contributed by atoms with E-state index in [1.54, 1.807) is 24.3 Å². The van der Waals surface area contributed by atoms with Crippen LogP contribution < -0.4 is 4.90 Å². The molecule has 6 heteroatoms. The normalized spacial score (nSPS) is 17.4. The predicted molar refractivity (Wildman–Crippen MR) is 102 cm³/mol. The summed E-state index contributed by atoms with van der Waals surface area (Å²) in [4.78, 5) is 14.1. The zero-order valence-corrected chi connectivity index (χ0v) is 15.9. The van der Waals surface area contributed by atoms with E-state index in [9.17, 15) is 13.2 Å². The van der Waals surface area contributed by atoms with Crippen LogP contribution in [-0.4, -0.2) is 32.6 Å². The third kappa shape index (κ3) is 3.51. The van der Waals surface area contributed by atoms with Crippen molar-refractivity contribution in [2.24, 2.45) is 0 Å². The Hall–Kier alpha value is -2.60. The Morgan fingerprint density at radius 2 is 1.62 bits per heavy atom. The van der Waals surface area contributed by atoms with E-state index < -0.39 is 16.1 Å². The molecule has 0 aliphatic carbocycles. The molecule has 0 radical (unpaired) electrons. The van der Waals surface area contributed by atoms with Gasteiger partial charge in [-0.3, -0.25) is 9.10 Å². The van der Waals surface area contributed by atoms with E-state index in [1.807, 2.05) is 50.2 Å². The number of benzene rings is 2. The topological polar surface area (TPSA) is 57.7 Å². The first-order valence-electron chi connectivity index (χ1n) is 8.37. The Bertz CT molecular complexity index is 930. The van der Waals surface area contributed by atoms with Crippen molar-refractivity contribution in [2.45, 2.75) is 24.3 Å². The standard InChI is InChI=1S/C20H22N2O3S/c1-15-4-10-19(11-5-15)26(24,25)22-13-12-18(23)14-20(22)16-6-8-17(9-7-16)21(2)3/h4-13,20H,14H2,1-3H3/t20-/m1/s1. The summed E-state index contributed by atoms with van der Waals surface area (Å²) >= 11 is 0. The summed E-state index contributed by atoms with van der Waals surface area (Å²) in [5, 5.41) is 0. The fourth-order valence-corrected chi connectivity index (χ4v) is 4.42. The molecular formula is C20H22N2O3S. The summed E-state index contributed by atoms with van der Waals surface area (Å²) in [5.74, 6) is -0.0814. The number of hydrogen-bond acceptors (Lipinski definition) is 4. The molecule has 1 atom stereocenters. The lowest BCUT2D eigenvalue weighted by molar-refractivity contribution is -0.115. The summed E-state index contributed by atoms with van der Waals surface area (Å²) in [7, 11) is 0.139. The van der Waals surface area contributed by atoms with Gasteiger partial charge in [-0.2, -0.15) is 0 Å². The molecule has 136 valence electrons. The average Bonchev–Trinajstić information content (AvgIpc) is 2.62. The van der Waals surface area contributed by atoms with Crippen LogP contribution in [0.5, 0.6) is 0 Å². The lowest BCUT2D eigenvalue weighted by Gasteiger charge is -2.32. The van der Waals surface area contributed by atoms with E-state index in [0.717, 1.165) is 16.8 Å². The second-order valence-electron chi connectivity index (χ2n) is 6.64. The minimum Gasteiger partial charge on any atom is -0.378 e. The highest BCUT2D eigenvalue weighted by Crippen LogP contribution is 2.34. The Kier molecular flexibility index (Phi) is 4.87. The number of ketones is 1. The van der Waals surface area contributed by atoms with Gasteiger partial charge in [-0.1, -0.05) is 29.8 Å². The first-order valence-corrected chi connectivity index (χ1v) is 9.81. The van der Waals surface area contributed by atoms with Gasteiger partial charge < -0.3 is 4.90 Å². The molecule has 0 unspecified atom stereocenters. The van der Waals surface area contributed by atoms with Crippen molar-refractivity contribution < 1.29 is 13.2 Å². The maximum Gasteiger partial charge on any atom is 0.264 e. The van der Waals surface area contributed by atoms with Gasteiger partial charge >= 0.3 is 0 Å². The summed E-state index contributed by atoms with van der Waals surface area (Å²) in [6, 6.07) is 13.8. The second-order valence-corrected chi connectivity index (χ2v) is 8.48. The number of carbonyl (C=O) groups is 1. The van der Waals surface area contributed by atoms with Crippen molar-refractivity contribution >= 4 is 21.5 Å². The highest BCUT2D eigenvalue weighted by molar-refractivity contribution is 7.89. The zero-order chi connectivity index (χ0) is 18.9. The lowest BCUT2D eigenvalue weighted by Crippen LogP contribution is -2.34. The van der Waals surface area contributed by atoms with E-state index in [2.05, 4.69) is 0 Å². The maximum absolute atomic E-state index is 13.1. The first kappa shape index (κ1) is 18.2. The fraction of sp³-hybridized carbons (Fsp3) is 0.250. The van der Waals surface area contributed by atoms with Crippen molar-refractivity contribution in [1.29, 1.82) is 0 Å². The molecule has 3 rings (SSSR count). The predicted octanol–water partition coefficient (Wildman–Crippen LogP) is 3.28. The molecule has 0 aromatic heterocycles. The van der Waals surface area contributed by atoms with Crippen LogP contribution in [-0.2, 0) is 14.8 Å². The Balaban J connectivity index is 2.01. The first-order chi connectivity index (χ1) is 12.3. The van der Waals surface area contributed by atoms with Gasteiger partial charge in [-0.15, -0.1) is 0 Å². The third-order valence-electron chi connectivity index (χ3n) is 4.50. The minimum absolute atomic E-state index is 0.0814. The van der Waals surface area contributed by atoms with Gasteiger partial charge in [0.25, 0.3) is 10.0 Å². The van der Waals surface area contributed by atoms with E-state index in [-0.39, 0.29) is 17.1 Å². The number of nitrogens with zero attached hydrogens (tertiary/aromatic N) is 2. The quantitative estimate of drug-likeness (QED) is 0.829. The summed E-state index contributed by atoms with van der Waals surface area (Å²) in [5.41, 5.74) is 2.80. The van der Waals surface area contributed by atoms with Crippen molar-refractivity contribution in [3.05, 3.63) is 71.9 Å². The Morgan fingerprint density at radius 3 is 2.19 bits per heavy atom. The van der Waals surface area contributed by atoms with Gasteiger partial charge in [0.2, 0.25) is 0 Å². The van der Waals surface area contributed by atoms with Gasteiger partial charge in [0, 0.05) is 32.4 Å². The lowest BCUT2D eigenvalue weighted by atomic mass is 9.99. The van der Waals surface area contributed by atoms with Crippen LogP contribution in [0.4, 0.5) is 5.69 Å². The van der Waals surface area contributed by atoms with Crippen LogP contribution in [0.1, 0.15) is 23.6 Å². The van der Waals surface area contributed by atoms with Crippen molar-refractivity contribution in [3.8, 4) is 0 Å². The molecule has 0 saturated heterocycles. The summed E-state index contributed by atoms with van der Waals surface area (Å²) < 4.78 is 27.5. The molecule has 0 amide bonds. The van der Waals surface area contributed by atoms with Crippen molar-refractivity contribution in [3.63, 3.8) is 0 Å². The average molecular weight is 370 g/mol. The van der Waals surface area contributed by atoms with E-state index in [1.165, 1.54) is 16.6 Å². The number of rotatable bonds is 4. The van der Waals surface area contributed by atoms with Crippen LogP contribution >= 0.6 is 0 Å². The van der Waals surface area contributed by atoms with E-state index >= 15 is 0 Å². The monoisotopic (exact) mass is 370 g/mol. The third-order valence-corrected chi connectivity index (χ3v) is 6.30. The SMILES string of the molecule is Cc1ccc(S(=O)(=O)N2C=CC(=O)C[C@@H]2c2ccc(N(C)C)cc2)cc1. The molecule has 0 spiro atoms. The van der Waals surface area contributed by atoms with Crippen LogP contribution in [0.2, 0.25) is 0 Å². The molecule has 1 aliphatic heterocycles. The van der Waals surface area contributed by atoms with Crippen molar-refractivity contribution in [2.75, 3.05) is 19.0 Å². The molecule has 5 nitrogen and oxygen atoms in total. The van der Waals surface area contributed by atoms with Crippen molar-refractivity contribution in [1.82, 2.24) is 4.31 Å². The van der Waals surface area contributed by atoms with Crippen LogP contribution in [0, 0.1) is 6.92 Å². The van der Waals surface area contributed by atoms with Gasteiger partial charge in [0.05, 0.1) is 10.9 Å². The minimum atomic E-state index is -3.74. The molecule has 2 aromatic rings. The van der Waals surface area contributed by atoms with Crippen LogP contribution in [0.25, 0.3) is 0 Å². The number of hydrogen-bond donors (Lipinski definition) is 0. The number of sulfonamides is 1. The molecular weight excluding hydrogens is 348 g/mol. The second kappa shape index (κ2) is 6.96. The highest BCUT2D eigenvalue weighted by Gasteiger charge is 2.33. The molecule has 0 saturated carbocycles. The van der Waals surface area contributed by atoms with Crippen LogP contribution in [0.15, 0.2) is 65.7 Å². The molecule has 0 bridgehead atoms. The number of allylic oxidation sites excluding steroid dienone is 1. The largest absolute Gasteiger partial charge is 0.378 e. The van der Waals surface area contributed by atoms with Gasteiger partial charge in [0.15, 0.2) is 5.78 Å². The van der Waals surface area contributed by atoms with Gasteiger partial charge in [-0.05, 0) is 42.8 Å².